The molecule has 0 saturated carbocycles. The zero-order valence-electron chi connectivity index (χ0n) is 11.7. The Morgan fingerprint density at radius 2 is 2.26 bits per heavy atom. The molecular weight excluding hydrogens is 286 g/mol. The van der Waals surface area contributed by atoms with Crippen molar-refractivity contribution in [2.75, 3.05) is 31.8 Å². The molecule has 0 amide bonds. The van der Waals surface area contributed by atoms with Gasteiger partial charge in [0.15, 0.2) is 0 Å². The Morgan fingerprint density at radius 1 is 1.58 bits per heavy atom. The van der Waals surface area contributed by atoms with Crippen LogP contribution in [0.25, 0.3) is 0 Å². The molecule has 0 spiro atoms. The van der Waals surface area contributed by atoms with Crippen molar-refractivity contribution in [2.24, 2.45) is 0 Å². The van der Waals surface area contributed by atoms with Crippen LogP contribution in [0.5, 0.6) is 0 Å². The second-order valence-corrected chi connectivity index (χ2v) is 6.60. The molecule has 0 bridgehead atoms. The van der Waals surface area contributed by atoms with E-state index in [4.69, 9.17) is 16.3 Å². The van der Waals surface area contributed by atoms with E-state index in [1.54, 1.807) is 25.1 Å². The lowest BCUT2D eigenvalue weighted by Gasteiger charge is -2.23. The fraction of sp³-hybridized carbons (Fsp3) is 0.667. The van der Waals surface area contributed by atoms with E-state index in [0.29, 0.717) is 25.4 Å². The first-order valence-corrected chi connectivity index (χ1v) is 7.55. The molecule has 0 aliphatic rings. The van der Waals surface area contributed by atoms with E-state index in [2.05, 4.69) is 24.3 Å². The highest BCUT2D eigenvalue weighted by atomic mass is 35.5. The van der Waals surface area contributed by atoms with E-state index < -0.39 is 0 Å². The van der Waals surface area contributed by atoms with Gasteiger partial charge in [-0.2, -0.15) is 16.9 Å². The number of ether oxygens (including phenoxy) is 1. The molecule has 0 aliphatic heterocycles. The lowest BCUT2D eigenvalue weighted by molar-refractivity contribution is 0.182. The first-order valence-electron chi connectivity index (χ1n) is 5.95. The van der Waals surface area contributed by atoms with Gasteiger partial charge < -0.3 is 10.1 Å². The van der Waals surface area contributed by atoms with E-state index in [1.165, 1.54) is 4.68 Å². The van der Waals surface area contributed by atoms with Gasteiger partial charge in [-0.3, -0.25) is 4.79 Å². The molecule has 1 heterocycles. The Morgan fingerprint density at radius 3 is 2.84 bits per heavy atom. The minimum absolute atomic E-state index is 0.0637. The molecule has 0 saturated heterocycles. The number of anilines is 1. The first kappa shape index (κ1) is 16.3. The topological polar surface area (TPSA) is 56.1 Å². The average molecular weight is 306 g/mol. The Hall–Kier alpha value is -0.720. The van der Waals surface area contributed by atoms with Crippen LogP contribution in [0.2, 0.25) is 5.02 Å². The summed E-state index contributed by atoms with van der Waals surface area (Å²) in [7, 11) is 1.58. The molecule has 0 fully saturated rings. The molecule has 19 heavy (non-hydrogen) atoms. The molecule has 0 radical (unpaired) electrons. The first-order chi connectivity index (χ1) is 8.91. The summed E-state index contributed by atoms with van der Waals surface area (Å²) >= 11 is 7.81. The number of thioether (sulfide) groups is 1. The van der Waals surface area contributed by atoms with E-state index >= 15 is 0 Å². The standard InChI is InChI=1S/C12H20ClN3O2S/c1-12(2,19-4)8-14-9-7-15-16(5-6-18-3)11(17)10(9)13/h7,14H,5-6,8H2,1-4H3. The number of halogens is 1. The summed E-state index contributed by atoms with van der Waals surface area (Å²) in [6.45, 7) is 5.76. The third-order valence-corrected chi connectivity index (χ3v) is 4.36. The van der Waals surface area contributed by atoms with Crippen molar-refractivity contribution < 1.29 is 4.74 Å². The summed E-state index contributed by atoms with van der Waals surface area (Å²) in [5.41, 5.74) is 0.271. The summed E-state index contributed by atoms with van der Waals surface area (Å²) in [6, 6.07) is 0. The van der Waals surface area contributed by atoms with Crippen molar-refractivity contribution in [3.63, 3.8) is 0 Å². The van der Waals surface area contributed by atoms with Gasteiger partial charge in [0.1, 0.15) is 5.02 Å². The predicted octanol–water partition coefficient (Wildman–Crippen LogP) is 2.10. The Kier molecular flexibility index (Phi) is 6.16. The molecule has 0 aliphatic carbocycles. The Balaban J connectivity index is 2.82. The Bertz CT molecular complexity index is 477. The maximum absolute atomic E-state index is 12.0. The van der Waals surface area contributed by atoms with Crippen molar-refractivity contribution in [2.45, 2.75) is 25.1 Å². The molecule has 5 nitrogen and oxygen atoms in total. The third kappa shape index (κ3) is 4.71. The minimum atomic E-state index is -0.300. The zero-order valence-corrected chi connectivity index (χ0v) is 13.3. The van der Waals surface area contributed by atoms with Crippen LogP contribution in [-0.4, -0.2) is 41.0 Å². The van der Waals surface area contributed by atoms with Crippen LogP contribution < -0.4 is 10.9 Å². The molecular formula is C12H20ClN3O2S. The van der Waals surface area contributed by atoms with Crippen LogP contribution in [0.4, 0.5) is 5.69 Å². The maximum Gasteiger partial charge on any atom is 0.287 e. The van der Waals surface area contributed by atoms with Crippen molar-refractivity contribution >= 4 is 29.1 Å². The van der Waals surface area contributed by atoms with Crippen molar-refractivity contribution in [3.05, 3.63) is 21.6 Å². The van der Waals surface area contributed by atoms with Crippen LogP contribution in [0, 0.1) is 0 Å². The SMILES string of the molecule is COCCn1ncc(NCC(C)(C)SC)c(Cl)c1=O. The van der Waals surface area contributed by atoms with Gasteiger partial charge >= 0.3 is 0 Å². The van der Waals surface area contributed by atoms with E-state index in [9.17, 15) is 4.79 Å². The summed E-state index contributed by atoms with van der Waals surface area (Å²) in [5, 5.41) is 7.41. The van der Waals surface area contributed by atoms with Gasteiger partial charge in [0.05, 0.1) is 25.0 Å². The normalized spacial score (nSPS) is 11.6. The maximum atomic E-state index is 12.0. The van der Waals surface area contributed by atoms with Crippen molar-refractivity contribution in [1.82, 2.24) is 9.78 Å². The molecule has 1 aromatic heterocycles. The molecule has 7 heteroatoms. The number of nitrogens with one attached hydrogen (secondary N) is 1. The fourth-order valence-corrected chi connectivity index (χ4v) is 1.74. The highest BCUT2D eigenvalue weighted by molar-refractivity contribution is 7.99. The second-order valence-electron chi connectivity index (χ2n) is 4.71. The van der Waals surface area contributed by atoms with Gasteiger partial charge in [-0.25, -0.2) is 4.68 Å². The molecule has 1 aromatic rings. The highest BCUT2D eigenvalue weighted by Gasteiger charge is 2.17. The average Bonchev–Trinajstić information content (AvgIpc) is 2.39. The number of nitrogens with zero attached hydrogens (tertiary/aromatic N) is 2. The quantitative estimate of drug-likeness (QED) is 0.836. The molecule has 0 unspecified atom stereocenters. The summed E-state index contributed by atoms with van der Waals surface area (Å²) in [6.07, 6.45) is 3.63. The van der Waals surface area contributed by atoms with Gasteiger partial charge in [0.25, 0.3) is 5.56 Å². The van der Waals surface area contributed by atoms with Crippen molar-refractivity contribution in [3.8, 4) is 0 Å². The monoisotopic (exact) mass is 305 g/mol. The number of methoxy groups -OCH3 is 1. The summed E-state index contributed by atoms with van der Waals surface area (Å²) in [5.74, 6) is 0. The van der Waals surface area contributed by atoms with Crippen molar-refractivity contribution in [1.29, 1.82) is 0 Å². The van der Waals surface area contributed by atoms with Gasteiger partial charge in [-0.15, -0.1) is 0 Å². The lowest BCUT2D eigenvalue weighted by Crippen LogP contribution is -2.29. The van der Waals surface area contributed by atoms with Crippen LogP contribution >= 0.6 is 23.4 Å². The second kappa shape index (κ2) is 7.17. The van der Waals surface area contributed by atoms with E-state index in [-0.39, 0.29) is 15.3 Å². The third-order valence-electron chi connectivity index (χ3n) is 2.75. The van der Waals surface area contributed by atoms with E-state index in [0.717, 1.165) is 0 Å². The number of hydrogen-bond acceptors (Lipinski definition) is 5. The molecule has 108 valence electrons. The number of aromatic nitrogens is 2. The van der Waals surface area contributed by atoms with Gasteiger partial charge in [0, 0.05) is 18.4 Å². The van der Waals surface area contributed by atoms with Gasteiger partial charge in [0.2, 0.25) is 0 Å². The van der Waals surface area contributed by atoms with E-state index in [1.807, 2.05) is 6.26 Å². The Labute approximate surface area is 122 Å². The van der Waals surface area contributed by atoms with Crippen LogP contribution in [-0.2, 0) is 11.3 Å². The predicted molar refractivity (Wildman–Crippen MR) is 81.5 cm³/mol. The van der Waals surface area contributed by atoms with Crippen LogP contribution in [0.15, 0.2) is 11.0 Å². The number of hydrogen-bond donors (Lipinski definition) is 1. The van der Waals surface area contributed by atoms with Gasteiger partial charge in [-0.1, -0.05) is 11.6 Å². The van der Waals surface area contributed by atoms with Gasteiger partial charge in [-0.05, 0) is 20.1 Å². The largest absolute Gasteiger partial charge is 0.383 e. The number of rotatable bonds is 7. The molecule has 0 aromatic carbocycles. The summed E-state index contributed by atoms with van der Waals surface area (Å²) in [4.78, 5) is 12.0. The fourth-order valence-electron chi connectivity index (χ4n) is 1.31. The minimum Gasteiger partial charge on any atom is -0.383 e. The smallest absolute Gasteiger partial charge is 0.287 e. The highest BCUT2D eigenvalue weighted by Crippen LogP contribution is 2.23. The van der Waals surface area contributed by atoms with Crippen LogP contribution in [0.3, 0.4) is 0 Å². The molecule has 0 atom stereocenters. The van der Waals surface area contributed by atoms with Crippen LogP contribution in [0.1, 0.15) is 13.8 Å². The zero-order chi connectivity index (χ0) is 14.5. The lowest BCUT2D eigenvalue weighted by atomic mass is 10.2. The molecule has 1 rings (SSSR count). The molecule has 1 N–H and O–H groups in total. The summed E-state index contributed by atoms with van der Waals surface area (Å²) < 4.78 is 6.28.